The van der Waals surface area contributed by atoms with E-state index in [0.717, 1.165) is 12.2 Å². The van der Waals surface area contributed by atoms with Gasteiger partial charge in [0.1, 0.15) is 5.75 Å². The summed E-state index contributed by atoms with van der Waals surface area (Å²) in [6.45, 7) is 1.31. The number of hydrogen-bond acceptors (Lipinski definition) is 5. The molecule has 1 aliphatic heterocycles. The number of para-hydroxylation sites is 1. The molecule has 0 fully saturated rings. The third-order valence-electron chi connectivity index (χ3n) is 3.15. The molecule has 1 aromatic carbocycles. The minimum atomic E-state index is -1.37. The van der Waals surface area contributed by atoms with Crippen molar-refractivity contribution in [2.24, 2.45) is 0 Å². The summed E-state index contributed by atoms with van der Waals surface area (Å²) in [5.74, 6) is -2.60. The molecular formula is C14H14BNO6. The van der Waals surface area contributed by atoms with Crippen molar-refractivity contribution >= 4 is 24.8 Å². The van der Waals surface area contributed by atoms with E-state index < -0.39 is 24.9 Å². The predicted molar refractivity (Wildman–Crippen MR) is 77.5 cm³/mol. The largest absolute Gasteiger partial charge is 0.547 e. The summed E-state index contributed by atoms with van der Waals surface area (Å²) in [6.07, 6.45) is 2.40. The van der Waals surface area contributed by atoms with Gasteiger partial charge in [-0.05, 0) is 31.1 Å². The molecular weight excluding hydrogens is 289 g/mol. The van der Waals surface area contributed by atoms with E-state index in [1.807, 2.05) is 0 Å². The highest BCUT2D eigenvalue weighted by Gasteiger charge is 2.37. The lowest BCUT2D eigenvalue weighted by Crippen LogP contribution is -2.52. The fourth-order valence-corrected chi connectivity index (χ4v) is 2.14. The summed E-state index contributed by atoms with van der Waals surface area (Å²) in [5, 5.41) is 21.5. The lowest BCUT2D eigenvalue weighted by molar-refractivity contribution is -0.117. The van der Waals surface area contributed by atoms with E-state index in [9.17, 15) is 19.4 Å². The zero-order chi connectivity index (χ0) is 16.3. The Bertz CT molecular complexity index is 657. The van der Waals surface area contributed by atoms with E-state index in [-0.39, 0.29) is 23.5 Å². The topological polar surface area (TPSA) is 113 Å². The Morgan fingerprint density at radius 2 is 2.09 bits per heavy atom. The molecule has 0 bridgehead atoms. The summed E-state index contributed by atoms with van der Waals surface area (Å²) < 4.78 is 5.23. The van der Waals surface area contributed by atoms with Gasteiger partial charge >= 0.3 is 13.1 Å². The number of carboxylic acids is 1. The molecule has 8 heteroatoms. The zero-order valence-electron chi connectivity index (χ0n) is 11.8. The molecule has 2 rings (SSSR count). The van der Waals surface area contributed by atoms with Crippen molar-refractivity contribution in [3.63, 3.8) is 0 Å². The first kappa shape index (κ1) is 15.8. The second-order valence-electron chi connectivity index (χ2n) is 4.87. The van der Waals surface area contributed by atoms with Crippen molar-refractivity contribution in [1.82, 2.24) is 5.32 Å². The monoisotopic (exact) mass is 303 g/mol. The van der Waals surface area contributed by atoms with Crippen molar-refractivity contribution in [2.45, 2.75) is 19.3 Å². The molecule has 0 aromatic heterocycles. The van der Waals surface area contributed by atoms with Crippen LogP contribution in [0.4, 0.5) is 0 Å². The smallest absolute Gasteiger partial charge is 0.534 e. The quantitative estimate of drug-likeness (QED) is 0.532. The van der Waals surface area contributed by atoms with Crippen LogP contribution in [0.2, 0.25) is 0 Å². The van der Waals surface area contributed by atoms with Gasteiger partial charge in [-0.3, -0.25) is 9.59 Å². The van der Waals surface area contributed by atoms with Crippen LogP contribution in [0.15, 0.2) is 30.4 Å². The fourth-order valence-electron chi connectivity index (χ4n) is 2.14. The number of carboxylic acid groups (broad SMARTS) is 1. The second-order valence-corrected chi connectivity index (χ2v) is 4.87. The summed E-state index contributed by atoms with van der Waals surface area (Å²) >= 11 is 0. The van der Waals surface area contributed by atoms with Crippen LogP contribution < -0.4 is 9.97 Å². The van der Waals surface area contributed by atoms with Crippen LogP contribution in [-0.2, 0) is 16.0 Å². The zero-order valence-corrected chi connectivity index (χ0v) is 11.8. The first-order chi connectivity index (χ1) is 10.4. The molecule has 1 heterocycles. The van der Waals surface area contributed by atoms with Crippen LogP contribution in [0.3, 0.4) is 0 Å². The molecule has 0 unspecified atom stereocenters. The third kappa shape index (κ3) is 3.53. The predicted octanol–water partition coefficient (Wildman–Crippen LogP) is -0.0306. The molecule has 1 aromatic rings. The van der Waals surface area contributed by atoms with Gasteiger partial charge in [-0.2, -0.15) is 0 Å². The third-order valence-corrected chi connectivity index (χ3v) is 3.15. The van der Waals surface area contributed by atoms with E-state index in [1.54, 1.807) is 12.1 Å². The Morgan fingerprint density at radius 1 is 1.36 bits per heavy atom. The van der Waals surface area contributed by atoms with E-state index in [0.29, 0.717) is 5.56 Å². The van der Waals surface area contributed by atoms with Gasteiger partial charge in [-0.25, -0.2) is 4.79 Å². The van der Waals surface area contributed by atoms with Gasteiger partial charge in [0, 0.05) is 6.08 Å². The highest BCUT2D eigenvalue weighted by molar-refractivity contribution is 6.47. The number of allylic oxidation sites excluding steroid dienone is 1. The number of nitrogens with one attached hydrogen (secondary N) is 1. The van der Waals surface area contributed by atoms with E-state index in [2.05, 4.69) is 5.32 Å². The van der Waals surface area contributed by atoms with Crippen molar-refractivity contribution in [2.75, 3.05) is 0 Å². The average Bonchev–Trinajstić information content (AvgIpc) is 2.45. The number of rotatable bonds is 4. The van der Waals surface area contributed by atoms with Crippen LogP contribution in [0.1, 0.15) is 22.8 Å². The standard InChI is InChI=1S/C14H14BNO6/c1-8(17)5-6-12(18)16-11-7-9-3-2-4-10(14(19)20)13(9)22-15(11)21/h2-6,11,21H,7H2,1H3,(H,16,18)(H,19,20)/b6-5+/t11-/m0/s1. The molecule has 22 heavy (non-hydrogen) atoms. The van der Waals surface area contributed by atoms with Gasteiger partial charge in [0.2, 0.25) is 5.91 Å². The van der Waals surface area contributed by atoms with Crippen molar-refractivity contribution in [3.8, 4) is 5.75 Å². The van der Waals surface area contributed by atoms with Gasteiger partial charge in [-0.1, -0.05) is 12.1 Å². The molecule has 114 valence electrons. The van der Waals surface area contributed by atoms with Crippen LogP contribution in [-0.4, -0.2) is 40.8 Å². The molecule has 3 N–H and O–H groups in total. The minimum Gasteiger partial charge on any atom is -0.534 e. The molecule has 0 aliphatic carbocycles. The fraction of sp³-hybridized carbons (Fsp3) is 0.214. The van der Waals surface area contributed by atoms with E-state index in [4.69, 9.17) is 9.76 Å². The van der Waals surface area contributed by atoms with Crippen molar-refractivity contribution < 1.29 is 29.2 Å². The van der Waals surface area contributed by atoms with Crippen LogP contribution in [0, 0.1) is 0 Å². The molecule has 0 spiro atoms. The molecule has 1 amide bonds. The van der Waals surface area contributed by atoms with Crippen molar-refractivity contribution in [3.05, 3.63) is 41.5 Å². The SMILES string of the molecule is CC(=O)/C=C/C(=O)N[C@H]1Cc2cccc(C(=O)O)c2OB1O. The number of benzene rings is 1. The normalized spacial score (nSPS) is 16.8. The number of aromatic carboxylic acids is 1. The first-order valence-electron chi connectivity index (χ1n) is 6.57. The number of fused-ring (bicyclic) bond motifs is 1. The van der Waals surface area contributed by atoms with Gasteiger partial charge in [0.25, 0.3) is 0 Å². The summed E-state index contributed by atoms with van der Waals surface area (Å²) in [5.41, 5.74) is 0.531. The number of carbonyl (C=O) groups excluding carboxylic acids is 2. The maximum Gasteiger partial charge on any atom is 0.547 e. The Kier molecular flexibility index (Phi) is 4.62. The Labute approximate surface area is 126 Å². The molecule has 0 saturated heterocycles. The highest BCUT2D eigenvalue weighted by atomic mass is 16.5. The summed E-state index contributed by atoms with van der Waals surface area (Å²) in [7, 11) is -1.37. The molecule has 1 aliphatic rings. The van der Waals surface area contributed by atoms with Gasteiger partial charge in [0.05, 0.1) is 11.5 Å². The molecule has 1 atom stereocenters. The maximum atomic E-state index is 11.6. The van der Waals surface area contributed by atoms with E-state index in [1.165, 1.54) is 13.0 Å². The maximum absolute atomic E-state index is 11.6. The number of ketones is 1. The van der Waals surface area contributed by atoms with Crippen molar-refractivity contribution in [1.29, 1.82) is 0 Å². The Hall–Kier alpha value is -2.61. The lowest BCUT2D eigenvalue weighted by Gasteiger charge is -2.28. The van der Waals surface area contributed by atoms with Crippen LogP contribution >= 0.6 is 0 Å². The minimum absolute atomic E-state index is 0.0437. The highest BCUT2D eigenvalue weighted by Crippen LogP contribution is 2.30. The van der Waals surface area contributed by atoms with Gasteiger partial charge in [0.15, 0.2) is 5.78 Å². The Morgan fingerprint density at radius 3 is 2.73 bits per heavy atom. The first-order valence-corrected chi connectivity index (χ1v) is 6.57. The van der Waals surface area contributed by atoms with Crippen LogP contribution in [0.25, 0.3) is 0 Å². The number of amides is 1. The second kappa shape index (κ2) is 6.44. The summed E-state index contributed by atoms with van der Waals surface area (Å²) in [4.78, 5) is 33.5. The summed E-state index contributed by atoms with van der Waals surface area (Å²) in [6, 6.07) is 4.61. The van der Waals surface area contributed by atoms with E-state index >= 15 is 0 Å². The van der Waals surface area contributed by atoms with Crippen LogP contribution in [0.5, 0.6) is 5.75 Å². The Balaban J connectivity index is 2.16. The van der Waals surface area contributed by atoms with Gasteiger partial charge < -0.3 is 20.1 Å². The average molecular weight is 303 g/mol. The molecule has 0 radical (unpaired) electrons. The number of hydrogen-bond donors (Lipinski definition) is 3. The number of carbonyl (C=O) groups is 3. The van der Waals surface area contributed by atoms with Gasteiger partial charge in [-0.15, -0.1) is 0 Å². The molecule has 7 nitrogen and oxygen atoms in total. The lowest BCUT2D eigenvalue weighted by atomic mass is 9.72. The molecule has 0 saturated carbocycles.